The molecule has 1 saturated heterocycles. The first-order valence-corrected chi connectivity index (χ1v) is 12.3. The van der Waals surface area contributed by atoms with Crippen molar-refractivity contribution in [3.05, 3.63) is 40.4 Å². The molecule has 0 saturated carbocycles. The third-order valence-electron chi connectivity index (χ3n) is 6.27. The lowest BCUT2D eigenvalue weighted by atomic mass is 10.2. The first-order valence-electron chi connectivity index (χ1n) is 11.5. The summed E-state index contributed by atoms with van der Waals surface area (Å²) in [7, 11) is 0. The van der Waals surface area contributed by atoms with E-state index in [1.54, 1.807) is 23.4 Å². The van der Waals surface area contributed by atoms with E-state index in [1.165, 1.54) is 0 Å². The summed E-state index contributed by atoms with van der Waals surface area (Å²) in [5.41, 5.74) is 2.52. The van der Waals surface area contributed by atoms with Gasteiger partial charge in [-0.3, -0.25) is 4.79 Å². The van der Waals surface area contributed by atoms with Crippen molar-refractivity contribution in [1.82, 2.24) is 34.6 Å². The lowest BCUT2D eigenvalue weighted by Crippen LogP contribution is -2.54. The Kier molecular flexibility index (Phi) is 5.97. The quantitative estimate of drug-likeness (QED) is 0.440. The summed E-state index contributed by atoms with van der Waals surface area (Å²) in [5, 5.41) is 3.72. The van der Waals surface area contributed by atoms with Crippen molar-refractivity contribution in [2.45, 2.75) is 46.5 Å². The lowest BCUT2D eigenvalue weighted by molar-refractivity contribution is -0.137. The molecule has 0 spiro atoms. The predicted octanol–water partition coefficient (Wildman–Crippen LogP) is 3.96. The summed E-state index contributed by atoms with van der Waals surface area (Å²) in [6, 6.07) is 5.37. The van der Waals surface area contributed by atoms with Gasteiger partial charge in [-0.15, -0.1) is 0 Å². The molecule has 1 aliphatic heterocycles. The average molecular weight is 519 g/mol. The van der Waals surface area contributed by atoms with Crippen LogP contribution in [0.1, 0.15) is 29.1 Å². The van der Waals surface area contributed by atoms with Crippen LogP contribution in [0.4, 0.5) is 18.2 Å². The number of amides is 1. The highest BCUT2D eigenvalue weighted by molar-refractivity contribution is 7.16. The van der Waals surface area contributed by atoms with Crippen LogP contribution in [0, 0.1) is 20.8 Å². The van der Waals surface area contributed by atoms with Crippen molar-refractivity contribution in [2.24, 2.45) is 0 Å². The maximum atomic E-state index is 13.7. The molecule has 0 unspecified atom stereocenters. The maximum Gasteiger partial charge on any atom is 0.443 e. The minimum absolute atomic E-state index is 0.0688. The van der Waals surface area contributed by atoms with Crippen LogP contribution < -0.4 is 4.90 Å². The minimum Gasteiger partial charge on any atom is -0.358 e. The van der Waals surface area contributed by atoms with Crippen molar-refractivity contribution in [3.8, 4) is 11.5 Å². The normalized spacial score (nSPS) is 16.8. The molecule has 9 nitrogen and oxygen atoms in total. The van der Waals surface area contributed by atoms with Gasteiger partial charge in [0.05, 0.1) is 11.0 Å². The molecule has 1 aromatic carbocycles. The second-order valence-corrected chi connectivity index (χ2v) is 9.95. The van der Waals surface area contributed by atoms with E-state index in [0.717, 1.165) is 11.1 Å². The summed E-state index contributed by atoms with van der Waals surface area (Å²) in [6.07, 6.45) is -4.57. The van der Waals surface area contributed by atoms with Crippen LogP contribution in [-0.4, -0.2) is 66.2 Å². The van der Waals surface area contributed by atoms with Gasteiger partial charge < -0.3 is 14.8 Å². The topological polar surface area (TPSA) is 95.8 Å². The van der Waals surface area contributed by atoms with Gasteiger partial charge in [-0.1, -0.05) is 23.5 Å². The number of carbonyl (C=O) groups excluding carboxylic acids is 1. The van der Waals surface area contributed by atoms with Crippen LogP contribution in [0.5, 0.6) is 0 Å². The Balaban J connectivity index is 1.42. The standard InChI is InChI=1S/C23H25F3N8OS/c1-12-6-5-7-16-18(12)29-20(28-16)19-21(36-22(30-19)23(24,25)26)32-8-9-33(13(2)10-32)17(35)11-34-15(4)27-14(3)31-34/h5-7,13H,8-11H2,1-4H3,(H,28,29)/t13-/m1/s1. The first kappa shape index (κ1) is 24.2. The highest BCUT2D eigenvalue weighted by atomic mass is 32.1. The van der Waals surface area contributed by atoms with Crippen molar-refractivity contribution in [2.75, 3.05) is 24.5 Å². The largest absolute Gasteiger partial charge is 0.443 e. The zero-order valence-electron chi connectivity index (χ0n) is 20.2. The third-order valence-corrected chi connectivity index (χ3v) is 7.43. The molecule has 3 aromatic heterocycles. The molecular weight excluding hydrogens is 493 g/mol. The molecule has 36 heavy (non-hydrogen) atoms. The van der Waals surface area contributed by atoms with Crippen LogP contribution >= 0.6 is 11.3 Å². The van der Waals surface area contributed by atoms with Crippen LogP contribution in [0.2, 0.25) is 0 Å². The number of benzene rings is 1. The fourth-order valence-electron chi connectivity index (χ4n) is 4.53. The summed E-state index contributed by atoms with van der Waals surface area (Å²) >= 11 is 0.605. The molecule has 0 aliphatic carbocycles. The van der Waals surface area contributed by atoms with Gasteiger partial charge in [0.2, 0.25) is 10.9 Å². The van der Waals surface area contributed by atoms with E-state index in [9.17, 15) is 18.0 Å². The fraction of sp³-hybridized carbons (Fsp3) is 0.435. The van der Waals surface area contributed by atoms with Crippen LogP contribution in [0.25, 0.3) is 22.6 Å². The van der Waals surface area contributed by atoms with E-state index in [4.69, 9.17) is 0 Å². The van der Waals surface area contributed by atoms with Crippen molar-refractivity contribution in [3.63, 3.8) is 0 Å². The Morgan fingerprint density at radius 2 is 1.94 bits per heavy atom. The highest BCUT2D eigenvalue weighted by Crippen LogP contribution is 2.42. The van der Waals surface area contributed by atoms with E-state index >= 15 is 0 Å². The zero-order chi connectivity index (χ0) is 25.8. The monoisotopic (exact) mass is 518 g/mol. The van der Waals surface area contributed by atoms with E-state index in [1.807, 2.05) is 36.9 Å². The molecule has 0 bridgehead atoms. The molecule has 5 rings (SSSR count). The van der Waals surface area contributed by atoms with Gasteiger partial charge in [-0.05, 0) is 39.3 Å². The summed E-state index contributed by atoms with van der Waals surface area (Å²) in [6.45, 7) is 8.52. The minimum atomic E-state index is -4.57. The van der Waals surface area contributed by atoms with E-state index in [0.29, 0.717) is 59.0 Å². The second-order valence-electron chi connectivity index (χ2n) is 8.97. The van der Waals surface area contributed by atoms with Gasteiger partial charge in [0.15, 0.2) is 5.82 Å². The number of alkyl halides is 3. The number of hydrogen-bond acceptors (Lipinski definition) is 7. The third kappa shape index (κ3) is 4.43. The average Bonchev–Trinajstić information content (AvgIpc) is 3.50. The number of imidazole rings is 1. The molecule has 190 valence electrons. The van der Waals surface area contributed by atoms with Gasteiger partial charge >= 0.3 is 6.18 Å². The molecule has 4 aromatic rings. The number of carbonyl (C=O) groups is 1. The molecule has 1 atom stereocenters. The second kappa shape index (κ2) is 8.87. The number of nitrogens with zero attached hydrogens (tertiary/aromatic N) is 7. The van der Waals surface area contributed by atoms with E-state index in [-0.39, 0.29) is 24.2 Å². The van der Waals surface area contributed by atoms with Crippen molar-refractivity contribution in [1.29, 1.82) is 0 Å². The number of halogens is 3. The Morgan fingerprint density at radius 3 is 2.58 bits per heavy atom. The smallest absolute Gasteiger partial charge is 0.358 e. The van der Waals surface area contributed by atoms with Crippen LogP contribution in [-0.2, 0) is 17.5 Å². The molecule has 4 heterocycles. The summed E-state index contributed by atoms with van der Waals surface area (Å²) < 4.78 is 42.5. The predicted molar refractivity (Wildman–Crippen MR) is 130 cm³/mol. The summed E-state index contributed by atoms with van der Waals surface area (Å²) in [5.74, 6) is 1.44. The Bertz CT molecular complexity index is 1440. The number of anilines is 1. The number of thiazole rings is 1. The number of aryl methyl sites for hydroxylation is 3. The van der Waals surface area contributed by atoms with E-state index in [2.05, 4.69) is 25.0 Å². The van der Waals surface area contributed by atoms with Crippen molar-refractivity contribution < 1.29 is 18.0 Å². The number of hydrogen-bond donors (Lipinski definition) is 1. The van der Waals surface area contributed by atoms with Gasteiger partial charge in [0.25, 0.3) is 0 Å². The van der Waals surface area contributed by atoms with Gasteiger partial charge in [0.1, 0.15) is 28.9 Å². The Hall–Kier alpha value is -3.48. The number of rotatable bonds is 4. The zero-order valence-corrected chi connectivity index (χ0v) is 21.0. The first-order chi connectivity index (χ1) is 17.0. The SMILES string of the molecule is Cc1nc(C)n(CC(=O)N2CCN(c3sc(C(F)(F)F)nc3-c3nc4c(C)cccc4[nH]3)C[C@H]2C)n1. The lowest BCUT2D eigenvalue weighted by Gasteiger charge is -2.40. The molecule has 0 radical (unpaired) electrons. The Morgan fingerprint density at radius 1 is 1.17 bits per heavy atom. The molecule has 1 amide bonds. The van der Waals surface area contributed by atoms with Crippen LogP contribution in [0.3, 0.4) is 0 Å². The number of aromatic nitrogens is 6. The highest BCUT2D eigenvalue weighted by Gasteiger charge is 2.39. The maximum absolute atomic E-state index is 13.7. The molecular formula is C23H25F3N8OS. The number of nitrogens with one attached hydrogen (secondary N) is 1. The fourth-order valence-corrected chi connectivity index (χ4v) is 5.50. The van der Waals surface area contributed by atoms with Gasteiger partial charge in [-0.2, -0.15) is 18.3 Å². The Labute approximate surface area is 209 Å². The van der Waals surface area contributed by atoms with Crippen molar-refractivity contribution >= 4 is 33.3 Å². The van der Waals surface area contributed by atoms with E-state index < -0.39 is 11.2 Å². The number of fused-ring (bicyclic) bond motifs is 1. The number of para-hydroxylation sites is 1. The number of piperazine rings is 1. The molecule has 13 heteroatoms. The molecule has 1 fully saturated rings. The van der Waals surface area contributed by atoms with Gasteiger partial charge in [0, 0.05) is 25.7 Å². The molecule has 1 N–H and O–H groups in total. The summed E-state index contributed by atoms with van der Waals surface area (Å²) in [4.78, 5) is 32.5. The number of aromatic amines is 1. The number of H-pyrrole nitrogens is 1. The molecule has 1 aliphatic rings. The van der Waals surface area contributed by atoms with Crippen LogP contribution in [0.15, 0.2) is 18.2 Å². The van der Waals surface area contributed by atoms with Gasteiger partial charge in [-0.25, -0.2) is 19.6 Å².